The Labute approximate surface area is 175 Å². The number of rotatable bonds is 8. The van der Waals surface area contributed by atoms with Crippen molar-refractivity contribution in [1.82, 2.24) is 5.32 Å². The van der Waals surface area contributed by atoms with Gasteiger partial charge in [0, 0.05) is 0 Å². The molecule has 1 N–H and O–H groups in total. The van der Waals surface area contributed by atoms with E-state index in [0.717, 1.165) is 29.4 Å². The Morgan fingerprint density at radius 2 is 1.55 bits per heavy atom. The van der Waals surface area contributed by atoms with Crippen LogP contribution in [-0.2, 0) is 14.8 Å². The summed E-state index contributed by atoms with van der Waals surface area (Å²) in [7, 11) is -3.65. The normalized spacial score (nSPS) is 13.8. The quantitative estimate of drug-likeness (QED) is 0.695. The van der Waals surface area contributed by atoms with Gasteiger partial charge >= 0.3 is 0 Å². The molecule has 158 valence electrons. The monoisotopic (exact) mass is 416 g/mol. The Hall–Kier alpha value is -2.34. The van der Waals surface area contributed by atoms with Crippen LogP contribution in [0.15, 0.2) is 48.5 Å². The summed E-state index contributed by atoms with van der Waals surface area (Å²) in [5.74, 6) is 0.0605. The summed E-state index contributed by atoms with van der Waals surface area (Å²) in [5, 5.41) is 3.07. The highest BCUT2D eigenvalue weighted by atomic mass is 32.2. The predicted molar refractivity (Wildman–Crippen MR) is 119 cm³/mol. The fourth-order valence-electron chi connectivity index (χ4n) is 3.61. The lowest BCUT2D eigenvalue weighted by atomic mass is 9.96. The minimum absolute atomic E-state index is 0.174. The standard InChI is InChI=1S/C23H32N2O3S/c1-16(2)12-22(20-10-8-7-9-11-20)24-23(26)19(5)25(29(6,27)28)21-14-17(3)13-18(4)15-21/h7-11,13-16,19,22H,12H2,1-6H3,(H,24,26)/t19-,22+/m0/s1. The first-order valence-corrected chi connectivity index (χ1v) is 11.8. The molecule has 0 aliphatic heterocycles. The summed E-state index contributed by atoms with van der Waals surface area (Å²) >= 11 is 0. The summed E-state index contributed by atoms with van der Waals surface area (Å²) in [4.78, 5) is 13.1. The van der Waals surface area contributed by atoms with E-state index in [1.54, 1.807) is 19.1 Å². The molecule has 6 heteroatoms. The molecule has 0 bridgehead atoms. The molecule has 0 heterocycles. The maximum atomic E-state index is 13.1. The molecule has 2 atom stereocenters. The fourth-order valence-corrected chi connectivity index (χ4v) is 4.77. The zero-order valence-corrected chi connectivity index (χ0v) is 19.0. The number of amides is 1. The van der Waals surface area contributed by atoms with Crippen molar-refractivity contribution in [3.05, 3.63) is 65.2 Å². The van der Waals surface area contributed by atoms with Gasteiger partial charge in [-0.05, 0) is 61.9 Å². The number of carbonyl (C=O) groups is 1. The van der Waals surface area contributed by atoms with Crippen LogP contribution >= 0.6 is 0 Å². The van der Waals surface area contributed by atoms with Crippen LogP contribution in [0.4, 0.5) is 5.69 Å². The van der Waals surface area contributed by atoms with Crippen molar-refractivity contribution in [3.63, 3.8) is 0 Å². The molecule has 5 nitrogen and oxygen atoms in total. The lowest BCUT2D eigenvalue weighted by Crippen LogP contribution is -2.48. The van der Waals surface area contributed by atoms with E-state index in [0.29, 0.717) is 11.6 Å². The van der Waals surface area contributed by atoms with Crippen molar-refractivity contribution in [2.75, 3.05) is 10.6 Å². The van der Waals surface area contributed by atoms with Gasteiger partial charge in [-0.25, -0.2) is 8.42 Å². The van der Waals surface area contributed by atoms with Crippen LogP contribution in [0.3, 0.4) is 0 Å². The maximum absolute atomic E-state index is 13.1. The van der Waals surface area contributed by atoms with Gasteiger partial charge in [0.15, 0.2) is 0 Å². The van der Waals surface area contributed by atoms with Crippen molar-refractivity contribution < 1.29 is 13.2 Å². The zero-order chi connectivity index (χ0) is 21.8. The first-order chi connectivity index (χ1) is 13.5. The van der Waals surface area contributed by atoms with Gasteiger partial charge in [0.05, 0.1) is 18.0 Å². The summed E-state index contributed by atoms with van der Waals surface area (Å²) in [6, 6.07) is 14.3. The van der Waals surface area contributed by atoms with E-state index < -0.39 is 16.1 Å². The number of benzene rings is 2. The highest BCUT2D eigenvalue weighted by Crippen LogP contribution is 2.26. The van der Waals surface area contributed by atoms with E-state index in [-0.39, 0.29) is 11.9 Å². The molecule has 29 heavy (non-hydrogen) atoms. The predicted octanol–water partition coefficient (Wildman–Crippen LogP) is 4.36. The SMILES string of the molecule is Cc1cc(C)cc(N([C@@H](C)C(=O)N[C@H](CC(C)C)c2ccccc2)S(C)(=O)=O)c1. The second kappa shape index (κ2) is 9.44. The number of anilines is 1. The minimum Gasteiger partial charge on any atom is -0.347 e. The molecule has 0 fully saturated rings. The van der Waals surface area contributed by atoms with Crippen LogP contribution < -0.4 is 9.62 Å². The molecule has 0 unspecified atom stereocenters. The lowest BCUT2D eigenvalue weighted by molar-refractivity contribution is -0.122. The van der Waals surface area contributed by atoms with Crippen LogP contribution in [0.5, 0.6) is 0 Å². The van der Waals surface area contributed by atoms with Crippen molar-refractivity contribution in [1.29, 1.82) is 0 Å². The average Bonchev–Trinajstić information content (AvgIpc) is 2.59. The summed E-state index contributed by atoms with van der Waals surface area (Å²) < 4.78 is 26.4. The third kappa shape index (κ3) is 6.32. The molecule has 2 aromatic rings. The Bertz CT molecular complexity index is 920. The number of aryl methyl sites for hydroxylation is 2. The maximum Gasteiger partial charge on any atom is 0.244 e. The smallest absolute Gasteiger partial charge is 0.244 e. The molecule has 2 aromatic carbocycles. The van der Waals surface area contributed by atoms with E-state index in [2.05, 4.69) is 19.2 Å². The van der Waals surface area contributed by atoms with Gasteiger partial charge in [-0.1, -0.05) is 50.2 Å². The second-order valence-electron chi connectivity index (χ2n) is 8.18. The molecule has 0 aromatic heterocycles. The van der Waals surface area contributed by atoms with Crippen molar-refractivity contribution in [3.8, 4) is 0 Å². The largest absolute Gasteiger partial charge is 0.347 e. The summed E-state index contributed by atoms with van der Waals surface area (Å²) in [6.45, 7) is 9.66. The van der Waals surface area contributed by atoms with E-state index in [9.17, 15) is 13.2 Å². The van der Waals surface area contributed by atoms with Gasteiger partial charge in [-0.2, -0.15) is 0 Å². The van der Waals surface area contributed by atoms with Gasteiger partial charge < -0.3 is 5.32 Å². The number of carbonyl (C=O) groups excluding carboxylic acids is 1. The number of hydrogen-bond donors (Lipinski definition) is 1. The number of hydrogen-bond acceptors (Lipinski definition) is 3. The minimum atomic E-state index is -3.65. The third-order valence-electron chi connectivity index (χ3n) is 4.77. The second-order valence-corrected chi connectivity index (χ2v) is 10.0. The van der Waals surface area contributed by atoms with E-state index >= 15 is 0 Å². The molecule has 0 saturated heterocycles. The van der Waals surface area contributed by atoms with Crippen molar-refractivity contribution >= 4 is 21.6 Å². The Balaban J connectivity index is 2.34. The van der Waals surface area contributed by atoms with Crippen LogP contribution in [0, 0.1) is 19.8 Å². The Kier molecular flexibility index (Phi) is 7.47. The average molecular weight is 417 g/mol. The summed E-state index contributed by atoms with van der Waals surface area (Å²) in [6.07, 6.45) is 1.90. The molecular weight excluding hydrogens is 384 g/mol. The molecule has 0 spiro atoms. The Morgan fingerprint density at radius 1 is 1.00 bits per heavy atom. The topological polar surface area (TPSA) is 66.5 Å². The highest BCUT2D eigenvalue weighted by molar-refractivity contribution is 7.92. The fraction of sp³-hybridized carbons (Fsp3) is 0.435. The van der Waals surface area contributed by atoms with Crippen LogP contribution in [0.25, 0.3) is 0 Å². The first kappa shape index (κ1) is 22.9. The van der Waals surface area contributed by atoms with Gasteiger partial charge in [0.2, 0.25) is 15.9 Å². The molecule has 0 saturated carbocycles. The molecule has 0 aliphatic rings. The molecular formula is C23H32N2O3S. The lowest BCUT2D eigenvalue weighted by Gasteiger charge is -2.31. The van der Waals surface area contributed by atoms with E-state index in [4.69, 9.17) is 0 Å². The summed E-state index contributed by atoms with van der Waals surface area (Å²) in [5.41, 5.74) is 3.42. The molecule has 0 radical (unpaired) electrons. The molecule has 0 aliphatic carbocycles. The van der Waals surface area contributed by atoms with Gasteiger partial charge in [0.1, 0.15) is 6.04 Å². The zero-order valence-electron chi connectivity index (χ0n) is 18.1. The van der Waals surface area contributed by atoms with Crippen LogP contribution in [0.2, 0.25) is 0 Å². The van der Waals surface area contributed by atoms with Gasteiger partial charge in [0.25, 0.3) is 0 Å². The van der Waals surface area contributed by atoms with Crippen molar-refractivity contribution in [2.45, 2.75) is 53.1 Å². The Morgan fingerprint density at radius 3 is 2.03 bits per heavy atom. The molecule has 2 rings (SSSR count). The van der Waals surface area contributed by atoms with Crippen LogP contribution in [0.1, 0.15) is 49.9 Å². The van der Waals surface area contributed by atoms with Crippen molar-refractivity contribution in [2.24, 2.45) is 5.92 Å². The van der Waals surface area contributed by atoms with Gasteiger partial charge in [-0.3, -0.25) is 9.10 Å². The third-order valence-corrected chi connectivity index (χ3v) is 6.02. The molecule has 1 amide bonds. The van der Waals surface area contributed by atoms with E-state index in [1.807, 2.05) is 50.2 Å². The van der Waals surface area contributed by atoms with Crippen LogP contribution in [-0.4, -0.2) is 26.6 Å². The van der Waals surface area contributed by atoms with Gasteiger partial charge in [-0.15, -0.1) is 0 Å². The highest BCUT2D eigenvalue weighted by Gasteiger charge is 2.31. The number of nitrogens with one attached hydrogen (secondary N) is 1. The number of sulfonamides is 1. The number of nitrogens with zero attached hydrogens (tertiary/aromatic N) is 1. The first-order valence-electron chi connectivity index (χ1n) is 9.92. The van der Waals surface area contributed by atoms with E-state index in [1.165, 1.54) is 4.31 Å².